The third-order valence-electron chi connectivity index (χ3n) is 3.44. The number of aromatic nitrogens is 2. The minimum atomic E-state index is -0.582. The molecule has 0 N–H and O–H groups in total. The van der Waals surface area contributed by atoms with Gasteiger partial charge in [0, 0.05) is 19.6 Å². The smallest absolute Gasteiger partial charge is 0.255 e. The highest BCUT2D eigenvalue weighted by Crippen LogP contribution is 2.21. The molecule has 0 aliphatic carbocycles. The van der Waals surface area contributed by atoms with Crippen molar-refractivity contribution in [3.63, 3.8) is 0 Å². The molecule has 0 bridgehead atoms. The number of benzene rings is 1. The van der Waals surface area contributed by atoms with Gasteiger partial charge in [0.1, 0.15) is 6.10 Å². The minimum Gasteiger partial charge on any atom is -0.471 e. The molecule has 21 heavy (non-hydrogen) atoms. The van der Waals surface area contributed by atoms with Crippen LogP contribution in [0, 0.1) is 5.82 Å². The second-order valence-electron chi connectivity index (χ2n) is 5.04. The van der Waals surface area contributed by atoms with Crippen LogP contribution < -0.4 is 4.74 Å². The van der Waals surface area contributed by atoms with E-state index < -0.39 is 5.82 Å². The summed E-state index contributed by atoms with van der Waals surface area (Å²) in [6.07, 6.45) is 1.80. The van der Waals surface area contributed by atoms with Gasteiger partial charge in [0.25, 0.3) is 5.88 Å². The number of hydrogen-bond donors (Lipinski definition) is 0. The molecule has 1 aliphatic heterocycles. The highest BCUT2D eigenvalue weighted by Gasteiger charge is 2.25. The summed E-state index contributed by atoms with van der Waals surface area (Å²) in [5, 5.41) is -0.00876. The Labute approximate surface area is 127 Å². The average Bonchev–Trinajstić information content (AvgIpc) is 2.91. The largest absolute Gasteiger partial charge is 0.471 e. The number of halogens is 2. The molecular formula is C15H15ClFN3O. The van der Waals surface area contributed by atoms with Gasteiger partial charge in [-0.15, -0.1) is 0 Å². The summed E-state index contributed by atoms with van der Waals surface area (Å²) in [6.45, 7) is 2.53. The topological polar surface area (TPSA) is 38.3 Å². The Balaban J connectivity index is 1.58. The Morgan fingerprint density at radius 1 is 1.33 bits per heavy atom. The monoisotopic (exact) mass is 307 g/mol. The molecule has 110 valence electrons. The van der Waals surface area contributed by atoms with Gasteiger partial charge in [-0.25, -0.2) is 4.98 Å². The maximum Gasteiger partial charge on any atom is 0.255 e. The van der Waals surface area contributed by atoms with Crippen molar-refractivity contribution in [2.75, 3.05) is 13.1 Å². The van der Waals surface area contributed by atoms with Crippen molar-refractivity contribution in [2.45, 2.75) is 19.1 Å². The maximum absolute atomic E-state index is 13.5. The summed E-state index contributed by atoms with van der Waals surface area (Å²) in [6, 6.07) is 10.2. The summed E-state index contributed by atoms with van der Waals surface area (Å²) in [7, 11) is 0. The highest BCUT2D eigenvalue weighted by atomic mass is 35.5. The second kappa shape index (κ2) is 6.37. The fraction of sp³-hybridized carbons (Fsp3) is 0.333. The molecule has 1 saturated heterocycles. The van der Waals surface area contributed by atoms with Crippen LogP contribution in [-0.4, -0.2) is 34.1 Å². The Kier molecular flexibility index (Phi) is 4.31. The molecule has 1 aromatic carbocycles. The van der Waals surface area contributed by atoms with Crippen LogP contribution in [0.1, 0.15) is 12.0 Å². The zero-order chi connectivity index (χ0) is 14.7. The van der Waals surface area contributed by atoms with Crippen molar-refractivity contribution in [2.24, 2.45) is 0 Å². The van der Waals surface area contributed by atoms with Gasteiger partial charge in [-0.1, -0.05) is 30.3 Å². The third kappa shape index (κ3) is 3.68. The summed E-state index contributed by atoms with van der Waals surface area (Å²) in [5.74, 6) is -0.650. The van der Waals surface area contributed by atoms with Crippen LogP contribution in [0.5, 0.6) is 5.88 Å². The van der Waals surface area contributed by atoms with Gasteiger partial charge in [0.2, 0.25) is 11.1 Å². The standard InChI is InChI=1S/C15H15ClFN3O/c16-15-18-8-13(17)14(19-15)21-12-6-7-20(10-12)9-11-4-2-1-3-5-11/h1-5,8,12H,6-7,9-10H2. The SMILES string of the molecule is Fc1cnc(Cl)nc1OC1CCN(Cc2ccccc2)C1. The molecular weight excluding hydrogens is 293 g/mol. The first-order valence-corrected chi connectivity index (χ1v) is 7.19. The van der Waals surface area contributed by atoms with E-state index in [1.807, 2.05) is 18.2 Å². The fourth-order valence-corrected chi connectivity index (χ4v) is 2.58. The lowest BCUT2D eigenvalue weighted by Gasteiger charge is -2.16. The maximum atomic E-state index is 13.5. The number of hydrogen-bond acceptors (Lipinski definition) is 4. The van der Waals surface area contributed by atoms with Gasteiger partial charge < -0.3 is 4.74 Å². The Morgan fingerprint density at radius 3 is 2.95 bits per heavy atom. The minimum absolute atomic E-state index is 0.00876. The zero-order valence-electron chi connectivity index (χ0n) is 11.4. The van der Waals surface area contributed by atoms with Crippen LogP contribution in [0.3, 0.4) is 0 Å². The molecule has 0 spiro atoms. The van der Waals surface area contributed by atoms with E-state index in [9.17, 15) is 4.39 Å². The summed E-state index contributed by atoms with van der Waals surface area (Å²) in [4.78, 5) is 9.64. The normalized spacial score (nSPS) is 18.9. The summed E-state index contributed by atoms with van der Waals surface area (Å²) in [5.41, 5.74) is 1.26. The van der Waals surface area contributed by atoms with E-state index in [1.54, 1.807) is 0 Å². The van der Waals surface area contributed by atoms with Crippen LogP contribution >= 0.6 is 11.6 Å². The fourth-order valence-electron chi connectivity index (χ4n) is 2.45. The van der Waals surface area contributed by atoms with E-state index in [0.717, 1.165) is 32.3 Å². The molecule has 2 heterocycles. The van der Waals surface area contributed by atoms with Gasteiger partial charge in [-0.3, -0.25) is 4.90 Å². The summed E-state index contributed by atoms with van der Waals surface area (Å²) >= 11 is 5.66. The molecule has 2 aromatic rings. The molecule has 1 atom stereocenters. The van der Waals surface area contributed by atoms with E-state index in [-0.39, 0.29) is 17.3 Å². The van der Waals surface area contributed by atoms with E-state index in [0.29, 0.717) is 0 Å². The van der Waals surface area contributed by atoms with Crippen LogP contribution in [0.2, 0.25) is 5.28 Å². The van der Waals surface area contributed by atoms with Gasteiger partial charge in [0.15, 0.2) is 0 Å². The third-order valence-corrected chi connectivity index (χ3v) is 3.62. The first-order valence-electron chi connectivity index (χ1n) is 6.81. The Bertz CT molecular complexity index is 611. The molecule has 1 fully saturated rings. The van der Waals surface area contributed by atoms with Crippen molar-refractivity contribution >= 4 is 11.6 Å². The zero-order valence-corrected chi connectivity index (χ0v) is 12.1. The van der Waals surface area contributed by atoms with Gasteiger partial charge in [-0.2, -0.15) is 9.37 Å². The Morgan fingerprint density at radius 2 is 2.14 bits per heavy atom. The molecule has 1 unspecified atom stereocenters. The van der Waals surface area contributed by atoms with Crippen LogP contribution in [-0.2, 0) is 6.54 Å². The molecule has 1 aliphatic rings. The average molecular weight is 308 g/mol. The van der Waals surface area contributed by atoms with Crippen molar-refractivity contribution in [3.8, 4) is 5.88 Å². The number of rotatable bonds is 4. The lowest BCUT2D eigenvalue weighted by Crippen LogP contribution is -2.25. The van der Waals surface area contributed by atoms with E-state index >= 15 is 0 Å². The lowest BCUT2D eigenvalue weighted by atomic mass is 10.2. The molecule has 6 heteroatoms. The lowest BCUT2D eigenvalue weighted by molar-refractivity contribution is 0.182. The summed E-state index contributed by atoms with van der Waals surface area (Å²) < 4.78 is 19.1. The van der Waals surface area contributed by atoms with Crippen molar-refractivity contribution in [3.05, 3.63) is 53.2 Å². The molecule has 0 radical (unpaired) electrons. The van der Waals surface area contributed by atoms with Gasteiger partial charge in [0.05, 0.1) is 6.20 Å². The van der Waals surface area contributed by atoms with E-state index in [4.69, 9.17) is 16.3 Å². The van der Waals surface area contributed by atoms with Gasteiger partial charge in [-0.05, 0) is 23.6 Å². The Hall–Kier alpha value is -1.72. The predicted molar refractivity (Wildman–Crippen MR) is 77.8 cm³/mol. The predicted octanol–water partition coefficient (Wildman–Crippen LogP) is 2.92. The molecule has 4 nitrogen and oxygen atoms in total. The van der Waals surface area contributed by atoms with Crippen molar-refractivity contribution in [1.82, 2.24) is 14.9 Å². The van der Waals surface area contributed by atoms with Crippen molar-refractivity contribution < 1.29 is 9.13 Å². The first-order chi connectivity index (χ1) is 10.2. The van der Waals surface area contributed by atoms with E-state index in [2.05, 4.69) is 27.0 Å². The van der Waals surface area contributed by atoms with Crippen molar-refractivity contribution in [1.29, 1.82) is 0 Å². The second-order valence-corrected chi connectivity index (χ2v) is 5.38. The highest BCUT2D eigenvalue weighted by molar-refractivity contribution is 6.28. The molecule has 1 aromatic heterocycles. The van der Waals surface area contributed by atoms with Crippen LogP contribution in [0.15, 0.2) is 36.5 Å². The molecule has 0 amide bonds. The van der Waals surface area contributed by atoms with Gasteiger partial charge >= 0.3 is 0 Å². The number of nitrogens with zero attached hydrogens (tertiary/aromatic N) is 3. The quantitative estimate of drug-likeness (QED) is 0.814. The number of ether oxygens (including phenoxy) is 1. The number of likely N-dealkylation sites (tertiary alicyclic amines) is 1. The van der Waals surface area contributed by atoms with Crippen LogP contribution in [0.25, 0.3) is 0 Å². The molecule has 0 saturated carbocycles. The first kappa shape index (κ1) is 14.2. The molecule has 3 rings (SSSR count). The van der Waals surface area contributed by atoms with Crippen LogP contribution in [0.4, 0.5) is 4.39 Å². The van der Waals surface area contributed by atoms with E-state index in [1.165, 1.54) is 5.56 Å².